The van der Waals surface area contributed by atoms with E-state index in [9.17, 15) is 18.0 Å². The number of anilines is 2. The molecule has 3 N–H and O–H groups in total. The van der Waals surface area contributed by atoms with Crippen molar-refractivity contribution in [2.75, 3.05) is 17.7 Å². The van der Waals surface area contributed by atoms with Crippen LogP contribution in [0, 0.1) is 0 Å². The first-order valence-corrected chi connectivity index (χ1v) is 9.37. The number of amides is 1. The van der Waals surface area contributed by atoms with Crippen molar-refractivity contribution in [2.24, 2.45) is 0 Å². The lowest BCUT2D eigenvalue weighted by Crippen LogP contribution is -2.19. The standard InChI is InChI=1S/C21H17F3N4O2S/c1-25-19(29)18-12-17(9-10-26-18)30-16-7-5-14(6-8-16)27-20(31)28-15-4-2-3-13(11-15)21(22,23)24/h2-12H,1H3,(H,25,29)(H2,27,28,31). The molecule has 0 unspecified atom stereocenters. The molecule has 3 aromatic rings. The maximum Gasteiger partial charge on any atom is 0.416 e. The van der Waals surface area contributed by atoms with Crippen molar-refractivity contribution < 1.29 is 22.7 Å². The number of thiocarbonyl (C=S) groups is 1. The molecule has 0 aliphatic carbocycles. The van der Waals surface area contributed by atoms with Gasteiger partial charge in [0.05, 0.1) is 5.56 Å². The number of ether oxygens (including phenoxy) is 1. The van der Waals surface area contributed by atoms with Crippen molar-refractivity contribution in [3.63, 3.8) is 0 Å². The molecule has 0 fully saturated rings. The van der Waals surface area contributed by atoms with Gasteiger partial charge in [-0.1, -0.05) is 6.07 Å². The van der Waals surface area contributed by atoms with Crippen molar-refractivity contribution in [1.29, 1.82) is 0 Å². The molecule has 160 valence electrons. The summed E-state index contributed by atoms with van der Waals surface area (Å²) in [5, 5.41) is 8.24. The van der Waals surface area contributed by atoms with Crippen LogP contribution in [0.25, 0.3) is 0 Å². The summed E-state index contributed by atoms with van der Waals surface area (Å²) in [6.45, 7) is 0. The fourth-order valence-electron chi connectivity index (χ4n) is 2.54. The second-order valence-electron chi connectivity index (χ2n) is 6.24. The number of alkyl halides is 3. The predicted molar refractivity (Wildman–Crippen MR) is 115 cm³/mol. The Morgan fingerprint density at radius 3 is 2.35 bits per heavy atom. The van der Waals surface area contributed by atoms with Crippen LogP contribution < -0.4 is 20.7 Å². The zero-order valence-electron chi connectivity index (χ0n) is 16.2. The molecule has 1 heterocycles. The van der Waals surface area contributed by atoms with Gasteiger partial charge >= 0.3 is 6.18 Å². The minimum absolute atomic E-state index is 0.136. The lowest BCUT2D eigenvalue weighted by atomic mass is 10.2. The number of nitrogens with zero attached hydrogens (tertiary/aromatic N) is 1. The van der Waals surface area contributed by atoms with Crippen LogP contribution in [0.15, 0.2) is 66.9 Å². The van der Waals surface area contributed by atoms with Crippen LogP contribution in [0.5, 0.6) is 11.5 Å². The Labute approximate surface area is 181 Å². The summed E-state index contributed by atoms with van der Waals surface area (Å²) in [6.07, 6.45) is -2.97. The smallest absolute Gasteiger partial charge is 0.416 e. The first kappa shape index (κ1) is 22.0. The fourth-order valence-corrected chi connectivity index (χ4v) is 2.77. The largest absolute Gasteiger partial charge is 0.457 e. The molecule has 0 aliphatic rings. The Kier molecular flexibility index (Phi) is 6.71. The highest BCUT2D eigenvalue weighted by molar-refractivity contribution is 7.80. The molecule has 0 spiro atoms. The number of carbonyl (C=O) groups excluding carboxylic acids is 1. The van der Waals surface area contributed by atoms with Gasteiger partial charge in [0.1, 0.15) is 17.2 Å². The summed E-state index contributed by atoms with van der Waals surface area (Å²) < 4.78 is 44.2. The fraction of sp³-hybridized carbons (Fsp3) is 0.0952. The van der Waals surface area contributed by atoms with E-state index in [4.69, 9.17) is 17.0 Å². The van der Waals surface area contributed by atoms with E-state index in [1.807, 2.05) is 0 Å². The van der Waals surface area contributed by atoms with Crippen LogP contribution >= 0.6 is 12.2 Å². The Morgan fingerprint density at radius 2 is 1.68 bits per heavy atom. The summed E-state index contributed by atoms with van der Waals surface area (Å²) in [5.74, 6) is 0.624. The van der Waals surface area contributed by atoms with Gasteiger partial charge in [-0.15, -0.1) is 0 Å². The third-order valence-corrected chi connectivity index (χ3v) is 4.19. The first-order chi connectivity index (χ1) is 14.7. The van der Waals surface area contributed by atoms with Crippen LogP contribution in [0.3, 0.4) is 0 Å². The number of pyridine rings is 1. The van der Waals surface area contributed by atoms with Crippen molar-refractivity contribution in [3.05, 3.63) is 78.1 Å². The SMILES string of the molecule is CNC(=O)c1cc(Oc2ccc(NC(=S)Nc3cccc(C(F)(F)F)c3)cc2)ccn1. The molecular weight excluding hydrogens is 429 g/mol. The zero-order chi connectivity index (χ0) is 22.4. The van der Waals surface area contributed by atoms with Gasteiger partial charge in [0.2, 0.25) is 0 Å². The minimum atomic E-state index is -4.43. The Bertz CT molecular complexity index is 1090. The topological polar surface area (TPSA) is 75.3 Å². The van der Waals surface area contributed by atoms with E-state index in [2.05, 4.69) is 20.9 Å². The summed E-state index contributed by atoms with van der Waals surface area (Å²) >= 11 is 5.16. The number of aromatic nitrogens is 1. The molecular formula is C21H17F3N4O2S. The van der Waals surface area contributed by atoms with E-state index in [1.54, 1.807) is 30.3 Å². The van der Waals surface area contributed by atoms with Gasteiger partial charge in [-0.3, -0.25) is 9.78 Å². The molecule has 10 heteroatoms. The van der Waals surface area contributed by atoms with E-state index in [-0.39, 0.29) is 22.4 Å². The molecule has 0 atom stereocenters. The summed E-state index contributed by atoms with van der Waals surface area (Å²) in [6, 6.07) is 14.6. The minimum Gasteiger partial charge on any atom is -0.457 e. The van der Waals surface area contributed by atoms with Crippen LogP contribution in [-0.4, -0.2) is 23.1 Å². The molecule has 0 radical (unpaired) electrons. The van der Waals surface area contributed by atoms with Gasteiger partial charge in [0.15, 0.2) is 5.11 Å². The molecule has 3 rings (SSSR count). The lowest BCUT2D eigenvalue weighted by molar-refractivity contribution is -0.137. The molecule has 0 saturated carbocycles. The number of carbonyl (C=O) groups is 1. The first-order valence-electron chi connectivity index (χ1n) is 8.96. The second kappa shape index (κ2) is 9.43. The van der Waals surface area contributed by atoms with Gasteiger partial charge in [0.25, 0.3) is 5.91 Å². The number of rotatable bonds is 5. The molecule has 6 nitrogen and oxygen atoms in total. The van der Waals surface area contributed by atoms with Gasteiger partial charge in [-0.25, -0.2) is 0 Å². The molecule has 1 amide bonds. The summed E-state index contributed by atoms with van der Waals surface area (Å²) in [5.41, 5.74) is 0.288. The maximum atomic E-state index is 12.8. The molecule has 0 aliphatic heterocycles. The highest BCUT2D eigenvalue weighted by Gasteiger charge is 2.30. The molecule has 1 aromatic heterocycles. The average molecular weight is 446 g/mol. The van der Waals surface area contributed by atoms with Gasteiger partial charge in [0, 0.05) is 30.7 Å². The number of hydrogen-bond donors (Lipinski definition) is 3. The van der Waals surface area contributed by atoms with Crippen LogP contribution in [0.4, 0.5) is 24.5 Å². The predicted octanol–water partition coefficient (Wildman–Crippen LogP) is 5.06. The van der Waals surface area contributed by atoms with Crippen molar-refractivity contribution in [1.82, 2.24) is 10.3 Å². The Balaban J connectivity index is 1.61. The van der Waals surface area contributed by atoms with E-state index >= 15 is 0 Å². The van der Waals surface area contributed by atoms with E-state index in [0.29, 0.717) is 17.2 Å². The van der Waals surface area contributed by atoms with Gasteiger partial charge in [-0.05, 0) is 60.7 Å². The van der Waals surface area contributed by atoms with Crippen molar-refractivity contribution in [2.45, 2.75) is 6.18 Å². The van der Waals surface area contributed by atoms with E-state index < -0.39 is 11.7 Å². The van der Waals surface area contributed by atoms with Crippen LogP contribution in [0.2, 0.25) is 0 Å². The Morgan fingerprint density at radius 1 is 0.968 bits per heavy atom. The van der Waals surface area contributed by atoms with E-state index in [0.717, 1.165) is 12.1 Å². The third kappa shape index (κ3) is 6.16. The molecule has 0 bridgehead atoms. The van der Waals surface area contributed by atoms with Crippen LogP contribution in [-0.2, 0) is 6.18 Å². The highest BCUT2D eigenvalue weighted by atomic mass is 32.1. The van der Waals surface area contributed by atoms with Crippen molar-refractivity contribution in [3.8, 4) is 11.5 Å². The molecule has 31 heavy (non-hydrogen) atoms. The number of nitrogens with one attached hydrogen (secondary N) is 3. The summed E-state index contributed by atoms with van der Waals surface area (Å²) in [7, 11) is 1.51. The van der Waals surface area contributed by atoms with Crippen LogP contribution in [0.1, 0.15) is 16.1 Å². The highest BCUT2D eigenvalue weighted by Crippen LogP contribution is 2.30. The monoisotopic (exact) mass is 446 g/mol. The number of hydrogen-bond acceptors (Lipinski definition) is 4. The maximum absolute atomic E-state index is 12.8. The second-order valence-corrected chi connectivity index (χ2v) is 6.65. The van der Waals surface area contributed by atoms with E-state index in [1.165, 1.54) is 31.4 Å². The lowest BCUT2D eigenvalue weighted by Gasteiger charge is -2.13. The summed E-state index contributed by atoms with van der Waals surface area (Å²) in [4.78, 5) is 15.6. The third-order valence-electron chi connectivity index (χ3n) is 3.99. The normalized spacial score (nSPS) is 10.8. The molecule has 0 saturated heterocycles. The van der Waals surface area contributed by atoms with Gasteiger partial charge in [-0.2, -0.15) is 13.2 Å². The number of benzene rings is 2. The Hall–Kier alpha value is -3.66. The quantitative estimate of drug-likeness (QED) is 0.476. The zero-order valence-corrected chi connectivity index (χ0v) is 17.0. The van der Waals surface area contributed by atoms with Gasteiger partial charge < -0.3 is 20.7 Å². The average Bonchev–Trinajstić information content (AvgIpc) is 2.74. The number of halogens is 3. The van der Waals surface area contributed by atoms with Crippen molar-refractivity contribution >= 4 is 34.6 Å². The molecule has 2 aromatic carbocycles.